The predicted octanol–water partition coefficient (Wildman–Crippen LogP) is 4.62. The van der Waals surface area contributed by atoms with Gasteiger partial charge in [0, 0.05) is 0 Å². The number of hydrogen-bond donors (Lipinski definition) is 1. The molecular formula is C17H33N. The highest BCUT2D eigenvalue weighted by atomic mass is 14.9. The summed E-state index contributed by atoms with van der Waals surface area (Å²) in [6.07, 6.45) is 13.6. The van der Waals surface area contributed by atoms with Gasteiger partial charge in [-0.15, -0.1) is 0 Å². The van der Waals surface area contributed by atoms with Crippen LogP contribution in [0.3, 0.4) is 0 Å². The van der Waals surface area contributed by atoms with Gasteiger partial charge in [0.2, 0.25) is 0 Å². The van der Waals surface area contributed by atoms with Crippen LogP contribution in [0, 0.1) is 23.7 Å². The molecule has 1 heteroatoms. The van der Waals surface area contributed by atoms with E-state index in [9.17, 15) is 0 Å². The Morgan fingerprint density at radius 2 is 1.56 bits per heavy atom. The zero-order chi connectivity index (χ0) is 12.8. The summed E-state index contributed by atoms with van der Waals surface area (Å²) >= 11 is 0. The summed E-state index contributed by atoms with van der Waals surface area (Å²) in [5.41, 5.74) is 0. The molecular weight excluding hydrogens is 218 g/mol. The molecule has 2 aliphatic carbocycles. The van der Waals surface area contributed by atoms with E-state index in [0.717, 1.165) is 23.7 Å². The molecule has 0 spiro atoms. The van der Waals surface area contributed by atoms with Gasteiger partial charge in [0.15, 0.2) is 0 Å². The molecule has 0 aromatic carbocycles. The van der Waals surface area contributed by atoms with Crippen molar-refractivity contribution < 1.29 is 0 Å². The Bertz CT molecular complexity index is 218. The van der Waals surface area contributed by atoms with Crippen molar-refractivity contribution in [3.63, 3.8) is 0 Å². The lowest BCUT2D eigenvalue weighted by atomic mass is 9.77. The molecule has 1 nitrogen and oxygen atoms in total. The monoisotopic (exact) mass is 251 g/mol. The molecule has 2 saturated carbocycles. The van der Waals surface area contributed by atoms with E-state index in [0.29, 0.717) is 0 Å². The molecule has 2 rings (SSSR count). The highest BCUT2D eigenvalue weighted by Gasteiger charge is 2.31. The Balaban J connectivity index is 1.85. The third-order valence-electron chi connectivity index (χ3n) is 5.18. The van der Waals surface area contributed by atoms with Crippen LogP contribution in [-0.4, -0.2) is 13.1 Å². The normalized spacial score (nSPS) is 30.8. The first kappa shape index (κ1) is 14.4. The summed E-state index contributed by atoms with van der Waals surface area (Å²) < 4.78 is 0. The van der Waals surface area contributed by atoms with Crippen molar-refractivity contribution in [1.82, 2.24) is 5.32 Å². The third kappa shape index (κ3) is 4.26. The molecule has 0 aromatic heterocycles. The van der Waals surface area contributed by atoms with Crippen LogP contribution >= 0.6 is 0 Å². The Labute approximate surface area is 114 Å². The van der Waals surface area contributed by atoms with Gasteiger partial charge in [0.05, 0.1) is 0 Å². The van der Waals surface area contributed by atoms with E-state index in [4.69, 9.17) is 0 Å². The van der Waals surface area contributed by atoms with E-state index in [1.165, 1.54) is 70.9 Å². The first-order valence-electron chi connectivity index (χ1n) is 8.48. The maximum Gasteiger partial charge on any atom is -0.00177 e. The van der Waals surface area contributed by atoms with Crippen molar-refractivity contribution in [2.75, 3.05) is 13.1 Å². The standard InChI is InChI=1S/C17H33N/c1-14(2)12-18-13-16-10-4-3-5-11-17(16)15-8-6-7-9-15/h14-18H,3-13H2,1-2H3. The van der Waals surface area contributed by atoms with Crippen LogP contribution in [0.1, 0.15) is 71.6 Å². The van der Waals surface area contributed by atoms with Crippen LogP contribution < -0.4 is 5.32 Å². The van der Waals surface area contributed by atoms with Crippen LogP contribution in [-0.2, 0) is 0 Å². The molecule has 1 N–H and O–H groups in total. The van der Waals surface area contributed by atoms with Gasteiger partial charge < -0.3 is 5.32 Å². The summed E-state index contributed by atoms with van der Waals surface area (Å²) in [5, 5.41) is 3.74. The molecule has 2 fully saturated rings. The molecule has 0 heterocycles. The van der Waals surface area contributed by atoms with Gasteiger partial charge >= 0.3 is 0 Å². The molecule has 2 atom stereocenters. The van der Waals surface area contributed by atoms with Gasteiger partial charge in [-0.1, -0.05) is 58.8 Å². The van der Waals surface area contributed by atoms with Gasteiger partial charge in [-0.05, 0) is 49.6 Å². The highest BCUT2D eigenvalue weighted by Crippen LogP contribution is 2.41. The van der Waals surface area contributed by atoms with Crippen molar-refractivity contribution in [2.24, 2.45) is 23.7 Å². The molecule has 106 valence electrons. The van der Waals surface area contributed by atoms with Crippen molar-refractivity contribution >= 4 is 0 Å². The number of rotatable bonds is 5. The van der Waals surface area contributed by atoms with E-state index in [2.05, 4.69) is 19.2 Å². The molecule has 0 amide bonds. The minimum Gasteiger partial charge on any atom is -0.316 e. The first-order chi connectivity index (χ1) is 8.77. The topological polar surface area (TPSA) is 12.0 Å². The second-order valence-corrected chi connectivity index (χ2v) is 7.16. The fraction of sp³-hybridized carbons (Fsp3) is 1.00. The lowest BCUT2D eigenvalue weighted by Crippen LogP contribution is -2.32. The quantitative estimate of drug-likeness (QED) is 0.703. The maximum absolute atomic E-state index is 3.74. The van der Waals surface area contributed by atoms with Gasteiger partial charge in [0.25, 0.3) is 0 Å². The molecule has 2 aliphatic rings. The van der Waals surface area contributed by atoms with Gasteiger partial charge in [-0.2, -0.15) is 0 Å². The lowest BCUT2D eigenvalue weighted by molar-refractivity contribution is 0.207. The van der Waals surface area contributed by atoms with Crippen molar-refractivity contribution in [2.45, 2.75) is 71.6 Å². The SMILES string of the molecule is CC(C)CNCC1CCCCCC1C1CCCC1. The average Bonchev–Trinajstić information content (AvgIpc) is 2.76. The van der Waals surface area contributed by atoms with Crippen molar-refractivity contribution in [1.29, 1.82) is 0 Å². The van der Waals surface area contributed by atoms with Crippen LogP contribution in [0.2, 0.25) is 0 Å². The highest BCUT2D eigenvalue weighted by molar-refractivity contribution is 4.83. The molecule has 0 radical (unpaired) electrons. The van der Waals surface area contributed by atoms with Crippen LogP contribution in [0.5, 0.6) is 0 Å². The molecule has 0 aromatic rings. The van der Waals surface area contributed by atoms with Crippen molar-refractivity contribution in [3.05, 3.63) is 0 Å². The molecule has 2 unspecified atom stereocenters. The number of nitrogens with one attached hydrogen (secondary N) is 1. The van der Waals surface area contributed by atoms with E-state index < -0.39 is 0 Å². The van der Waals surface area contributed by atoms with Gasteiger partial charge in [-0.25, -0.2) is 0 Å². The smallest absolute Gasteiger partial charge is 0.00177 e. The average molecular weight is 251 g/mol. The minimum atomic E-state index is 0.792. The van der Waals surface area contributed by atoms with Crippen LogP contribution in [0.4, 0.5) is 0 Å². The summed E-state index contributed by atoms with van der Waals surface area (Å²) in [5.74, 6) is 3.90. The Kier molecular flexibility index (Phi) is 6.01. The van der Waals surface area contributed by atoms with Crippen LogP contribution in [0.25, 0.3) is 0 Å². The first-order valence-corrected chi connectivity index (χ1v) is 8.48. The Morgan fingerprint density at radius 1 is 0.889 bits per heavy atom. The Morgan fingerprint density at radius 3 is 2.28 bits per heavy atom. The fourth-order valence-electron chi connectivity index (χ4n) is 4.23. The largest absolute Gasteiger partial charge is 0.316 e. The minimum absolute atomic E-state index is 0.792. The van der Waals surface area contributed by atoms with E-state index in [1.807, 2.05) is 0 Å². The molecule has 0 saturated heterocycles. The summed E-state index contributed by atoms with van der Waals surface area (Å²) in [6.45, 7) is 7.12. The summed E-state index contributed by atoms with van der Waals surface area (Å²) in [4.78, 5) is 0. The Hall–Kier alpha value is -0.0400. The molecule has 0 bridgehead atoms. The maximum atomic E-state index is 3.74. The van der Waals surface area contributed by atoms with Crippen LogP contribution in [0.15, 0.2) is 0 Å². The predicted molar refractivity (Wildman–Crippen MR) is 79.7 cm³/mol. The van der Waals surface area contributed by atoms with Gasteiger partial charge in [0.1, 0.15) is 0 Å². The second kappa shape index (κ2) is 7.53. The summed E-state index contributed by atoms with van der Waals surface area (Å²) in [6, 6.07) is 0. The van der Waals surface area contributed by atoms with E-state index in [-0.39, 0.29) is 0 Å². The van der Waals surface area contributed by atoms with Gasteiger partial charge in [-0.3, -0.25) is 0 Å². The number of hydrogen-bond acceptors (Lipinski definition) is 1. The second-order valence-electron chi connectivity index (χ2n) is 7.16. The van der Waals surface area contributed by atoms with E-state index >= 15 is 0 Å². The fourth-order valence-corrected chi connectivity index (χ4v) is 4.23. The lowest BCUT2D eigenvalue weighted by Gasteiger charge is -2.31. The van der Waals surface area contributed by atoms with E-state index in [1.54, 1.807) is 0 Å². The zero-order valence-corrected chi connectivity index (χ0v) is 12.6. The summed E-state index contributed by atoms with van der Waals surface area (Å²) in [7, 11) is 0. The zero-order valence-electron chi connectivity index (χ0n) is 12.6. The molecule has 0 aliphatic heterocycles. The third-order valence-corrected chi connectivity index (χ3v) is 5.18. The van der Waals surface area contributed by atoms with Crippen molar-refractivity contribution in [3.8, 4) is 0 Å². The molecule has 18 heavy (non-hydrogen) atoms.